The number of carbonyl (C=O) groups is 1. The highest BCUT2D eigenvalue weighted by Crippen LogP contribution is 2.39. The van der Waals surface area contributed by atoms with Crippen molar-refractivity contribution in [1.82, 2.24) is 0 Å². The number of hydrogen-bond acceptors (Lipinski definition) is 5. The first kappa shape index (κ1) is 22.2. The van der Waals surface area contributed by atoms with Crippen LogP contribution in [0.15, 0.2) is 66.7 Å². The molecule has 1 atom stereocenters. The second kappa shape index (κ2) is 9.53. The standard InChI is InChI=1S/C25H27NO5/c1-5-25(28,18-11-7-6-8-12-18)19-13-9-10-14-20(19)26-24(27)17-15-21(29-2)23(31-4)22(16-17)30-3/h6-16,28H,5H2,1-4H3,(H,26,27)/t25-/m1/s1. The minimum absolute atomic E-state index is 0.337. The normalized spacial score (nSPS) is 12.5. The van der Waals surface area contributed by atoms with Crippen molar-refractivity contribution in [3.05, 3.63) is 83.4 Å². The molecule has 0 aromatic heterocycles. The zero-order chi connectivity index (χ0) is 22.4. The van der Waals surface area contributed by atoms with Crippen LogP contribution in [0.25, 0.3) is 0 Å². The van der Waals surface area contributed by atoms with Crippen molar-refractivity contribution in [3.8, 4) is 17.2 Å². The summed E-state index contributed by atoms with van der Waals surface area (Å²) in [6, 6.07) is 19.8. The fourth-order valence-electron chi connectivity index (χ4n) is 3.62. The summed E-state index contributed by atoms with van der Waals surface area (Å²) in [5, 5.41) is 14.5. The molecule has 0 saturated heterocycles. The monoisotopic (exact) mass is 421 g/mol. The van der Waals surface area contributed by atoms with Crippen molar-refractivity contribution >= 4 is 11.6 Å². The predicted molar refractivity (Wildman–Crippen MR) is 120 cm³/mol. The maximum Gasteiger partial charge on any atom is 0.255 e. The van der Waals surface area contributed by atoms with Gasteiger partial charge < -0.3 is 24.6 Å². The van der Waals surface area contributed by atoms with Crippen molar-refractivity contribution in [3.63, 3.8) is 0 Å². The lowest BCUT2D eigenvalue weighted by atomic mass is 9.83. The molecule has 3 aromatic rings. The van der Waals surface area contributed by atoms with Gasteiger partial charge in [0.05, 0.1) is 21.3 Å². The number of hydrogen-bond donors (Lipinski definition) is 2. The van der Waals surface area contributed by atoms with Gasteiger partial charge in [0, 0.05) is 16.8 Å². The molecule has 0 aliphatic heterocycles. The van der Waals surface area contributed by atoms with Crippen LogP contribution in [0.2, 0.25) is 0 Å². The second-order valence-electron chi connectivity index (χ2n) is 6.99. The summed E-state index contributed by atoms with van der Waals surface area (Å²) in [6.45, 7) is 1.91. The number of benzene rings is 3. The smallest absolute Gasteiger partial charge is 0.255 e. The van der Waals surface area contributed by atoms with Gasteiger partial charge in [-0.15, -0.1) is 0 Å². The summed E-state index contributed by atoms with van der Waals surface area (Å²) in [5.74, 6) is 0.814. The number of aliphatic hydroxyl groups is 1. The first-order valence-corrected chi connectivity index (χ1v) is 9.97. The Hall–Kier alpha value is -3.51. The second-order valence-corrected chi connectivity index (χ2v) is 6.99. The van der Waals surface area contributed by atoms with Crippen LogP contribution in [-0.2, 0) is 5.60 Å². The first-order valence-electron chi connectivity index (χ1n) is 9.97. The Kier molecular flexibility index (Phi) is 6.82. The van der Waals surface area contributed by atoms with Gasteiger partial charge in [-0.3, -0.25) is 4.79 Å². The average Bonchev–Trinajstić information content (AvgIpc) is 2.83. The third kappa shape index (κ3) is 4.34. The van der Waals surface area contributed by atoms with Gasteiger partial charge >= 0.3 is 0 Å². The van der Waals surface area contributed by atoms with Gasteiger partial charge in [0.1, 0.15) is 5.60 Å². The lowest BCUT2D eigenvalue weighted by molar-refractivity contribution is 0.0771. The topological polar surface area (TPSA) is 77.0 Å². The molecule has 6 nitrogen and oxygen atoms in total. The summed E-state index contributed by atoms with van der Waals surface area (Å²) >= 11 is 0. The predicted octanol–water partition coefficient (Wildman–Crippen LogP) is 4.61. The van der Waals surface area contributed by atoms with E-state index in [1.807, 2.05) is 55.5 Å². The summed E-state index contributed by atoms with van der Waals surface area (Å²) in [7, 11) is 4.50. The van der Waals surface area contributed by atoms with E-state index in [0.29, 0.717) is 40.5 Å². The maximum absolute atomic E-state index is 13.1. The number of para-hydroxylation sites is 1. The zero-order valence-electron chi connectivity index (χ0n) is 18.1. The Morgan fingerprint density at radius 2 is 1.48 bits per heavy atom. The van der Waals surface area contributed by atoms with Gasteiger partial charge in [-0.1, -0.05) is 55.5 Å². The van der Waals surface area contributed by atoms with E-state index in [2.05, 4.69) is 5.32 Å². The van der Waals surface area contributed by atoms with Gasteiger partial charge in [-0.2, -0.15) is 0 Å². The molecule has 1 amide bonds. The van der Waals surface area contributed by atoms with Crippen LogP contribution in [0.5, 0.6) is 17.2 Å². The van der Waals surface area contributed by atoms with E-state index >= 15 is 0 Å². The molecule has 2 N–H and O–H groups in total. The van der Waals surface area contributed by atoms with Crippen LogP contribution in [0, 0.1) is 0 Å². The molecule has 0 spiro atoms. The van der Waals surface area contributed by atoms with E-state index in [-0.39, 0.29) is 5.91 Å². The molecule has 6 heteroatoms. The zero-order valence-corrected chi connectivity index (χ0v) is 18.1. The van der Waals surface area contributed by atoms with Crippen molar-refractivity contribution in [2.75, 3.05) is 26.6 Å². The summed E-state index contributed by atoms with van der Waals surface area (Å²) in [5.41, 5.74) is 0.982. The van der Waals surface area contributed by atoms with E-state index in [9.17, 15) is 9.90 Å². The minimum atomic E-state index is -1.25. The maximum atomic E-state index is 13.1. The molecule has 0 heterocycles. The van der Waals surface area contributed by atoms with Crippen LogP contribution >= 0.6 is 0 Å². The molecule has 0 fully saturated rings. The van der Waals surface area contributed by atoms with Crippen LogP contribution < -0.4 is 19.5 Å². The Balaban J connectivity index is 2.01. The van der Waals surface area contributed by atoms with E-state index in [1.54, 1.807) is 18.2 Å². The van der Waals surface area contributed by atoms with Crippen molar-refractivity contribution in [2.24, 2.45) is 0 Å². The van der Waals surface area contributed by atoms with Gasteiger partial charge in [-0.05, 0) is 30.2 Å². The van der Waals surface area contributed by atoms with Gasteiger partial charge in [0.2, 0.25) is 5.75 Å². The van der Waals surface area contributed by atoms with Gasteiger partial charge in [-0.25, -0.2) is 0 Å². The van der Waals surface area contributed by atoms with Crippen LogP contribution in [0.1, 0.15) is 34.8 Å². The van der Waals surface area contributed by atoms with Crippen molar-refractivity contribution in [2.45, 2.75) is 18.9 Å². The Labute approximate surface area is 182 Å². The molecule has 0 saturated carbocycles. The highest BCUT2D eigenvalue weighted by Gasteiger charge is 2.32. The lowest BCUT2D eigenvalue weighted by Gasteiger charge is -2.30. The average molecular weight is 421 g/mol. The summed E-state index contributed by atoms with van der Waals surface area (Å²) in [6.07, 6.45) is 0.439. The molecule has 3 aromatic carbocycles. The Morgan fingerprint density at radius 1 is 0.903 bits per heavy atom. The first-order chi connectivity index (χ1) is 15.0. The fraction of sp³-hybridized carbons (Fsp3) is 0.240. The molecule has 0 unspecified atom stereocenters. The number of methoxy groups -OCH3 is 3. The number of amides is 1. The SMILES string of the molecule is CC[C@@](O)(c1ccccc1)c1ccccc1NC(=O)c1cc(OC)c(OC)c(OC)c1. The third-order valence-electron chi connectivity index (χ3n) is 5.31. The van der Waals surface area contributed by atoms with Crippen LogP contribution in [0.3, 0.4) is 0 Å². The quantitative estimate of drug-likeness (QED) is 0.555. The highest BCUT2D eigenvalue weighted by atomic mass is 16.5. The van der Waals surface area contributed by atoms with Gasteiger partial charge in [0.15, 0.2) is 11.5 Å². The van der Waals surface area contributed by atoms with E-state index in [4.69, 9.17) is 14.2 Å². The molecule has 3 rings (SSSR count). The van der Waals surface area contributed by atoms with Gasteiger partial charge in [0.25, 0.3) is 5.91 Å². The van der Waals surface area contributed by atoms with Crippen LogP contribution in [-0.4, -0.2) is 32.3 Å². The van der Waals surface area contributed by atoms with E-state index < -0.39 is 5.60 Å². The van der Waals surface area contributed by atoms with E-state index in [0.717, 1.165) is 5.56 Å². The summed E-state index contributed by atoms with van der Waals surface area (Å²) < 4.78 is 16.0. The number of carbonyl (C=O) groups excluding carboxylic acids is 1. The highest BCUT2D eigenvalue weighted by molar-refractivity contribution is 6.05. The van der Waals surface area contributed by atoms with E-state index in [1.165, 1.54) is 21.3 Å². The molecule has 162 valence electrons. The molecular formula is C25H27NO5. The summed E-state index contributed by atoms with van der Waals surface area (Å²) in [4.78, 5) is 13.1. The molecule has 0 bridgehead atoms. The number of ether oxygens (including phenoxy) is 3. The molecule has 31 heavy (non-hydrogen) atoms. The molecule has 0 aliphatic rings. The van der Waals surface area contributed by atoms with Crippen LogP contribution in [0.4, 0.5) is 5.69 Å². The number of rotatable bonds is 8. The Morgan fingerprint density at radius 3 is 2.03 bits per heavy atom. The number of anilines is 1. The minimum Gasteiger partial charge on any atom is -0.493 e. The molecular weight excluding hydrogens is 394 g/mol. The fourth-order valence-corrected chi connectivity index (χ4v) is 3.62. The lowest BCUT2D eigenvalue weighted by Crippen LogP contribution is -2.28. The number of nitrogens with one attached hydrogen (secondary N) is 1. The van der Waals surface area contributed by atoms with Crippen molar-refractivity contribution in [1.29, 1.82) is 0 Å². The molecule has 0 aliphatic carbocycles. The Bertz CT molecular complexity index is 1030. The molecule has 0 radical (unpaired) electrons. The third-order valence-corrected chi connectivity index (χ3v) is 5.31. The van der Waals surface area contributed by atoms with Crippen molar-refractivity contribution < 1.29 is 24.1 Å². The largest absolute Gasteiger partial charge is 0.493 e.